The molecule has 0 aliphatic rings. The van der Waals surface area contributed by atoms with E-state index in [1.807, 2.05) is 48.5 Å². The number of hydrogen-bond acceptors (Lipinski definition) is 2. The minimum atomic E-state index is 0.0436. The lowest BCUT2D eigenvalue weighted by atomic mass is 10.0. The average Bonchev–Trinajstić information content (AvgIpc) is 2.41. The third-order valence-electron chi connectivity index (χ3n) is 2.99. The van der Waals surface area contributed by atoms with Gasteiger partial charge >= 0.3 is 0 Å². The van der Waals surface area contributed by atoms with Gasteiger partial charge in [-0.2, -0.15) is 0 Å². The third-order valence-corrected chi connectivity index (χ3v) is 3.86. The summed E-state index contributed by atoms with van der Waals surface area (Å²) >= 11 is 9.54. The molecule has 1 atom stereocenters. The van der Waals surface area contributed by atoms with E-state index < -0.39 is 0 Å². The average molecular weight is 355 g/mol. The van der Waals surface area contributed by atoms with E-state index in [0.29, 0.717) is 6.61 Å². The van der Waals surface area contributed by atoms with E-state index >= 15 is 0 Å². The summed E-state index contributed by atoms with van der Waals surface area (Å²) in [6, 6.07) is 15.6. The summed E-state index contributed by atoms with van der Waals surface area (Å²) < 4.78 is 6.69. The molecule has 1 unspecified atom stereocenters. The fraction of sp³-hybridized carbons (Fsp3) is 0.250. The summed E-state index contributed by atoms with van der Waals surface area (Å²) in [5.41, 5.74) is 7.21. The predicted molar refractivity (Wildman–Crippen MR) is 87.4 cm³/mol. The second-order valence-corrected chi connectivity index (χ2v) is 5.97. The van der Waals surface area contributed by atoms with Crippen molar-refractivity contribution in [2.75, 3.05) is 6.61 Å². The quantitative estimate of drug-likeness (QED) is 0.832. The van der Waals surface area contributed by atoms with E-state index in [1.165, 1.54) is 0 Å². The lowest BCUT2D eigenvalue weighted by Gasteiger charge is -2.13. The molecule has 0 fully saturated rings. The zero-order valence-corrected chi connectivity index (χ0v) is 13.4. The number of benzene rings is 2. The zero-order valence-electron chi connectivity index (χ0n) is 11.1. The highest BCUT2D eigenvalue weighted by Gasteiger charge is 2.07. The number of hydrogen-bond donors (Lipinski definition) is 1. The smallest absolute Gasteiger partial charge is 0.120 e. The van der Waals surface area contributed by atoms with Crippen molar-refractivity contribution in [2.24, 2.45) is 5.73 Å². The van der Waals surface area contributed by atoms with Crippen LogP contribution in [0.25, 0.3) is 0 Å². The topological polar surface area (TPSA) is 35.2 Å². The molecule has 2 N–H and O–H groups in total. The molecule has 0 amide bonds. The number of rotatable bonds is 6. The van der Waals surface area contributed by atoms with Gasteiger partial charge in [-0.1, -0.05) is 51.8 Å². The molecular formula is C16H17BrClNO. The van der Waals surface area contributed by atoms with Crippen LogP contribution >= 0.6 is 27.5 Å². The summed E-state index contributed by atoms with van der Waals surface area (Å²) in [4.78, 5) is 0. The minimum Gasteiger partial charge on any atom is -0.493 e. The molecule has 0 aliphatic heterocycles. The van der Waals surface area contributed by atoms with Gasteiger partial charge in [-0.3, -0.25) is 0 Å². The summed E-state index contributed by atoms with van der Waals surface area (Å²) in [5, 5.41) is 0.774. The van der Waals surface area contributed by atoms with Gasteiger partial charge in [0.25, 0.3) is 0 Å². The molecule has 0 saturated heterocycles. The van der Waals surface area contributed by atoms with Crippen LogP contribution in [0.1, 0.15) is 12.0 Å². The molecule has 0 radical (unpaired) electrons. The molecule has 2 aromatic rings. The first-order valence-electron chi connectivity index (χ1n) is 6.52. The van der Waals surface area contributed by atoms with Crippen molar-refractivity contribution >= 4 is 27.5 Å². The van der Waals surface area contributed by atoms with E-state index in [4.69, 9.17) is 22.1 Å². The van der Waals surface area contributed by atoms with Gasteiger partial charge in [-0.15, -0.1) is 0 Å². The van der Waals surface area contributed by atoms with E-state index in [0.717, 1.165) is 33.6 Å². The Morgan fingerprint density at radius 2 is 1.95 bits per heavy atom. The van der Waals surface area contributed by atoms with Gasteiger partial charge in [0.05, 0.1) is 6.61 Å². The Labute approximate surface area is 133 Å². The highest BCUT2D eigenvalue weighted by molar-refractivity contribution is 9.10. The Bertz CT molecular complexity index is 562. The fourth-order valence-electron chi connectivity index (χ4n) is 1.93. The zero-order chi connectivity index (χ0) is 14.4. The van der Waals surface area contributed by atoms with Crippen LogP contribution in [0.5, 0.6) is 5.75 Å². The Kier molecular flexibility index (Phi) is 5.89. The SMILES string of the molecule is NC(CCOc1cccc(Br)c1)Cc1ccccc1Cl. The van der Waals surface area contributed by atoms with Crippen LogP contribution in [-0.2, 0) is 6.42 Å². The molecule has 0 spiro atoms. The van der Waals surface area contributed by atoms with Gasteiger partial charge in [0.15, 0.2) is 0 Å². The van der Waals surface area contributed by atoms with Gasteiger partial charge < -0.3 is 10.5 Å². The standard InChI is InChI=1S/C16H17BrClNO/c17-13-5-3-6-15(11-13)20-9-8-14(19)10-12-4-1-2-7-16(12)18/h1-7,11,14H,8-10,19H2. The second-order valence-electron chi connectivity index (χ2n) is 4.65. The summed E-state index contributed by atoms with van der Waals surface area (Å²) in [6.07, 6.45) is 1.55. The molecule has 0 saturated carbocycles. The molecule has 2 aromatic carbocycles. The van der Waals surface area contributed by atoms with Crippen molar-refractivity contribution in [1.29, 1.82) is 0 Å². The maximum Gasteiger partial charge on any atom is 0.120 e. The normalized spacial score (nSPS) is 12.2. The van der Waals surface area contributed by atoms with Gasteiger partial charge in [0.1, 0.15) is 5.75 Å². The maximum atomic E-state index is 6.12. The van der Waals surface area contributed by atoms with Gasteiger partial charge in [-0.05, 0) is 42.7 Å². The second kappa shape index (κ2) is 7.67. The van der Waals surface area contributed by atoms with Crippen LogP contribution in [0.15, 0.2) is 53.0 Å². The summed E-state index contributed by atoms with van der Waals surface area (Å²) in [6.45, 7) is 0.599. The molecule has 4 heteroatoms. The Morgan fingerprint density at radius 3 is 2.70 bits per heavy atom. The molecule has 2 rings (SSSR count). The first kappa shape index (κ1) is 15.4. The van der Waals surface area contributed by atoms with Gasteiger partial charge in [-0.25, -0.2) is 0 Å². The number of ether oxygens (including phenoxy) is 1. The van der Waals surface area contributed by atoms with Crippen LogP contribution in [0.3, 0.4) is 0 Å². The first-order valence-corrected chi connectivity index (χ1v) is 7.69. The summed E-state index contributed by atoms with van der Waals surface area (Å²) in [5.74, 6) is 0.851. The predicted octanol–water partition coefficient (Wildman–Crippen LogP) is 4.44. The Hall–Kier alpha value is -1.03. The lowest BCUT2D eigenvalue weighted by Crippen LogP contribution is -2.25. The van der Waals surface area contributed by atoms with E-state index in [-0.39, 0.29) is 6.04 Å². The maximum absolute atomic E-state index is 6.12. The van der Waals surface area contributed by atoms with Crippen LogP contribution in [0.4, 0.5) is 0 Å². The van der Waals surface area contributed by atoms with Crippen LogP contribution in [-0.4, -0.2) is 12.6 Å². The van der Waals surface area contributed by atoms with Gasteiger partial charge in [0, 0.05) is 15.5 Å². The lowest BCUT2D eigenvalue weighted by molar-refractivity contribution is 0.297. The van der Waals surface area contributed by atoms with Crippen molar-refractivity contribution in [3.05, 3.63) is 63.6 Å². The molecule has 0 heterocycles. The molecule has 0 aliphatic carbocycles. The van der Waals surface area contributed by atoms with Crippen molar-refractivity contribution < 1.29 is 4.74 Å². The Morgan fingerprint density at radius 1 is 1.15 bits per heavy atom. The third kappa shape index (κ3) is 4.82. The molecule has 106 valence electrons. The van der Waals surface area contributed by atoms with Crippen LogP contribution in [0, 0.1) is 0 Å². The van der Waals surface area contributed by atoms with E-state index in [2.05, 4.69) is 15.9 Å². The minimum absolute atomic E-state index is 0.0436. The molecule has 2 nitrogen and oxygen atoms in total. The highest BCUT2D eigenvalue weighted by atomic mass is 79.9. The fourth-order valence-corrected chi connectivity index (χ4v) is 2.52. The van der Waals surface area contributed by atoms with Crippen LogP contribution < -0.4 is 10.5 Å². The number of nitrogens with two attached hydrogens (primary N) is 1. The van der Waals surface area contributed by atoms with E-state index in [1.54, 1.807) is 0 Å². The van der Waals surface area contributed by atoms with Crippen LogP contribution in [0.2, 0.25) is 5.02 Å². The highest BCUT2D eigenvalue weighted by Crippen LogP contribution is 2.19. The first-order chi connectivity index (χ1) is 9.65. The van der Waals surface area contributed by atoms with Gasteiger partial charge in [0.2, 0.25) is 0 Å². The monoisotopic (exact) mass is 353 g/mol. The largest absolute Gasteiger partial charge is 0.493 e. The van der Waals surface area contributed by atoms with Crippen molar-refractivity contribution in [1.82, 2.24) is 0 Å². The molecule has 20 heavy (non-hydrogen) atoms. The Balaban J connectivity index is 1.78. The molecule has 0 aromatic heterocycles. The van der Waals surface area contributed by atoms with Crippen molar-refractivity contribution in [3.63, 3.8) is 0 Å². The summed E-state index contributed by atoms with van der Waals surface area (Å²) in [7, 11) is 0. The molecule has 0 bridgehead atoms. The van der Waals surface area contributed by atoms with Crippen molar-refractivity contribution in [2.45, 2.75) is 18.9 Å². The van der Waals surface area contributed by atoms with Crippen molar-refractivity contribution in [3.8, 4) is 5.75 Å². The number of halogens is 2. The molecular weight excluding hydrogens is 338 g/mol. The van der Waals surface area contributed by atoms with E-state index in [9.17, 15) is 0 Å².